The molecule has 0 N–H and O–H groups in total. The summed E-state index contributed by atoms with van der Waals surface area (Å²) < 4.78 is 209. The van der Waals surface area contributed by atoms with Crippen LogP contribution in [0.15, 0.2) is 293 Å². The summed E-state index contributed by atoms with van der Waals surface area (Å²) in [5, 5.41) is 17.9. The molecule has 141 heavy (non-hydrogen) atoms. The third-order valence-electron chi connectivity index (χ3n) is 19.9. The van der Waals surface area contributed by atoms with Gasteiger partial charge in [-0.05, 0) is 202 Å². The number of carbonyl (C=O) groups excluding carboxylic acids is 4. The number of aryl methyl sites for hydroxylation is 1. The van der Waals surface area contributed by atoms with Gasteiger partial charge in [-0.2, -0.15) is 0 Å². The van der Waals surface area contributed by atoms with Gasteiger partial charge >= 0.3 is 49.3 Å². The molecular formula is C98H78ClF13N16O13. The Kier molecular flexibility index (Phi) is 33.1. The minimum atomic E-state index is -4.76. The Morgan fingerprint density at radius 3 is 0.816 bits per heavy atom. The summed E-state index contributed by atoms with van der Waals surface area (Å²) >= 11 is 5.82. The lowest BCUT2D eigenvalue weighted by molar-refractivity contribution is -0.275. The van der Waals surface area contributed by atoms with Crippen molar-refractivity contribution in [1.82, 2.24) is 79.0 Å². The molecule has 8 aromatic heterocycles. The monoisotopic (exact) mass is 1970 g/mol. The zero-order valence-electron chi connectivity index (χ0n) is 74.6. The Labute approximate surface area is 798 Å². The van der Waals surface area contributed by atoms with Crippen LogP contribution in [0.3, 0.4) is 0 Å². The molecule has 0 aliphatic heterocycles. The van der Waals surface area contributed by atoms with Gasteiger partial charge in [0.2, 0.25) is 0 Å². The van der Waals surface area contributed by atoms with E-state index in [2.05, 4.69) is 79.2 Å². The molecule has 4 atom stereocenters. The van der Waals surface area contributed by atoms with E-state index in [-0.39, 0.29) is 54.7 Å². The molecule has 0 fully saturated rings. The van der Waals surface area contributed by atoms with Gasteiger partial charge in [-0.3, -0.25) is 39.1 Å². The number of rotatable bonds is 29. The van der Waals surface area contributed by atoms with Gasteiger partial charge in [0.05, 0.1) is 95.7 Å². The minimum Gasteiger partial charge on any atom is -0.495 e. The Bertz CT molecular complexity index is 6630. The maximum atomic E-state index is 13.0. The third kappa shape index (κ3) is 31.1. The second kappa shape index (κ2) is 45.9. The predicted molar refractivity (Wildman–Crippen MR) is 480 cm³/mol. The summed E-state index contributed by atoms with van der Waals surface area (Å²) in [5.41, 5.74) is 11.0. The van der Waals surface area contributed by atoms with Gasteiger partial charge in [0.25, 0.3) is 0 Å². The van der Waals surface area contributed by atoms with E-state index in [1.165, 1.54) is 159 Å². The first kappa shape index (κ1) is 102. The summed E-state index contributed by atoms with van der Waals surface area (Å²) in [6.45, 7) is 8.79. The van der Waals surface area contributed by atoms with Crippen LogP contribution < -0.4 is 23.7 Å². The number of pyridine rings is 4. The highest BCUT2D eigenvalue weighted by molar-refractivity contribution is 6.30. The predicted octanol–water partition coefficient (Wildman–Crippen LogP) is 21.4. The molecule has 0 aliphatic rings. The van der Waals surface area contributed by atoms with Crippen LogP contribution in [0.5, 0.6) is 28.7 Å². The van der Waals surface area contributed by atoms with Crippen LogP contribution in [-0.2, 0) is 63.8 Å². The zero-order chi connectivity index (χ0) is 101. The van der Waals surface area contributed by atoms with Crippen molar-refractivity contribution in [2.24, 2.45) is 0 Å². The lowest BCUT2D eigenvalue weighted by Crippen LogP contribution is -2.17. The van der Waals surface area contributed by atoms with E-state index in [0.717, 1.165) is 34.1 Å². The highest BCUT2D eigenvalue weighted by Crippen LogP contribution is 2.33. The fourth-order valence-corrected chi connectivity index (χ4v) is 13.1. The van der Waals surface area contributed by atoms with E-state index in [1.807, 2.05) is 25.1 Å². The molecule has 8 heterocycles. The van der Waals surface area contributed by atoms with Crippen molar-refractivity contribution in [3.8, 4) is 97.0 Å². The van der Waals surface area contributed by atoms with Crippen molar-refractivity contribution in [3.63, 3.8) is 0 Å². The van der Waals surface area contributed by atoms with Crippen LogP contribution in [-0.4, -0.2) is 135 Å². The Morgan fingerprint density at radius 2 is 0.574 bits per heavy atom. The van der Waals surface area contributed by atoms with Crippen LogP contribution >= 0.6 is 11.6 Å². The number of halogens is 14. The van der Waals surface area contributed by atoms with Gasteiger partial charge in [0.15, 0.2) is 23.3 Å². The lowest BCUT2D eigenvalue weighted by Gasteiger charge is -2.13. The van der Waals surface area contributed by atoms with E-state index in [4.69, 9.17) is 35.3 Å². The molecule has 4 unspecified atom stereocenters. The van der Waals surface area contributed by atoms with E-state index >= 15 is 0 Å². The molecule has 43 heteroatoms. The fraction of sp³-hybridized carbons (Fsp3) is 0.184. The van der Waals surface area contributed by atoms with E-state index in [1.54, 1.807) is 162 Å². The number of methoxy groups -OCH3 is 1. The molecular weight excluding hydrogens is 1890 g/mol. The first-order chi connectivity index (χ1) is 67.2. The second-order valence-electron chi connectivity index (χ2n) is 30.4. The van der Waals surface area contributed by atoms with Crippen molar-refractivity contribution in [2.45, 2.75) is 110 Å². The molecule has 8 aromatic carbocycles. The molecule has 0 bridgehead atoms. The number of aromatic nitrogens is 16. The summed E-state index contributed by atoms with van der Waals surface area (Å²) in [5.74, 6) is -1.13. The van der Waals surface area contributed by atoms with Crippen molar-refractivity contribution in [3.05, 3.63) is 354 Å². The zero-order valence-corrected chi connectivity index (χ0v) is 75.4. The summed E-state index contributed by atoms with van der Waals surface area (Å²) in [7, 11) is 1.55. The highest BCUT2D eigenvalue weighted by Gasteiger charge is 2.34. The average Bonchev–Trinajstić information content (AvgIpc) is 1.71. The molecule has 29 nitrogen and oxygen atoms in total. The smallest absolute Gasteiger partial charge is 0.495 e. The Hall–Kier alpha value is -16.8. The number of ether oxygens (including phenoxy) is 9. The van der Waals surface area contributed by atoms with Gasteiger partial charge in [0, 0.05) is 34.1 Å². The number of hydrogen-bond donors (Lipinski definition) is 0. The van der Waals surface area contributed by atoms with Crippen LogP contribution in [0.1, 0.15) is 103 Å². The molecule has 0 saturated carbocycles. The van der Waals surface area contributed by atoms with Gasteiger partial charge in [-0.25, -0.2) is 43.1 Å². The lowest BCUT2D eigenvalue weighted by atomic mass is 10.1. The maximum absolute atomic E-state index is 13.0. The number of carbonyl (C=O) groups is 4. The molecule has 0 amide bonds. The molecule has 0 aliphatic carbocycles. The second-order valence-corrected chi connectivity index (χ2v) is 30.8. The number of nitrogens with zero attached hydrogens (tertiary/aromatic N) is 16. The molecule has 16 rings (SSSR count). The van der Waals surface area contributed by atoms with Crippen molar-refractivity contribution in [1.29, 1.82) is 0 Å². The minimum absolute atomic E-state index is 0.0278. The normalized spacial score (nSPS) is 12.2. The van der Waals surface area contributed by atoms with Crippen molar-refractivity contribution >= 4 is 35.5 Å². The van der Waals surface area contributed by atoms with E-state index < -0.39 is 73.6 Å². The first-order valence-electron chi connectivity index (χ1n) is 42.1. The third-order valence-corrected chi connectivity index (χ3v) is 20.1. The SMILES string of the molecule is CC(OC(=O)Cc1ccc(-c2ncn(-c3ccc(OC(F)(F)F)cc3)n2)cc1)c1ccc(Cl)cn1.CC(OC(=O)Cc1ccc(-c2ncn(-c3ccc(OC(F)(F)F)cc3)n2)cc1)c1ccc(F)cn1.COc1ccc(C(C)OC(=O)Cc2ccc(-c3ncn(-c4ccc(OC(F)(F)F)cc4)n3)cc2)nc1.Cc1cccc(C(C)OC(=O)Cc2ccc(-c3ncn(-c4ccc(OC(F)(F)F)cc4)n3)cc2)n1. The van der Waals surface area contributed by atoms with Gasteiger partial charge < -0.3 is 42.6 Å². The number of alkyl halides is 12. The van der Waals surface area contributed by atoms with Crippen molar-refractivity contribution in [2.75, 3.05) is 7.11 Å². The van der Waals surface area contributed by atoms with Crippen LogP contribution in [0.2, 0.25) is 5.02 Å². The van der Waals surface area contributed by atoms with Crippen LogP contribution in [0.4, 0.5) is 57.1 Å². The summed E-state index contributed by atoms with van der Waals surface area (Å²) in [4.78, 5) is 82.9. The summed E-state index contributed by atoms with van der Waals surface area (Å²) in [6.07, 6.45) is -10.9. The quantitative estimate of drug-likeness (QED) is 0.0239. The Balaban J connectivity index is 0.000000158. The van der Waals surface area contributed by atoms with E-state index in [9.17, 15) is 76.3 Å². The molecule has 0 radical (unpaired) electrons. The highest BCUT2D eigenvalue weighted by atomic mass is 35.5. The number of esters is 4. The number of benzene rings is 8. The molecule has 0 spiro atoms. The first-order valence-corrected chi connectivity index (χ1v) is 42.5. The topological polar surface area (TPSA) is 326 Å². The van der Waals surface area contributed by atoms with E-state index in [0.29, 0.717) is 102 Å². The maximum Gasteiger partial charge on any atom is 0.573 e. The Morgan fingerprint density at radius 1 is 0.312 bits per heavy atom. The summed E-state index contributed by atoms with van der Waals surface area (Å²) in [6, 6.07) is 64.5. The van der Waals surface area contributed by atoms with Crippen molar-refractivity contribution < 1.29 is 119 Å². The largest absolute Gasteiger partial charge is 0.573 e. The average molecular weight is 1970 g/mol. The van der Waals surface area contributed by atoms with Crippen LogP contribution in [0.25, 0.3) is 68.3 Å². The standard InChI is InChI=1S/C25H21F3N4O4.C25H21F3N4O3.C24H18ClF3N4O3.C24H18F4N4O3/c1-16(22-12-11-21(34-2)14-29-22)35-23(33)13-17-3-5-18(6-4-17)24-30-15-32(31-24)19-7-9-20(10-8-19)36-25(26,27)28;1-16-4-3-5-22(30-16)17(2)34-23(33)14-18-6-8-19(9-7-18)24-29-15-32(31-24)20-10-12-21(13-11-20)35-25(26,27)28;2*1-15(21-11-6-18(25)13-29-21)34-22(33)12-16-2-4-17(5-3-16)23-30-14-32(31-23)19-7-9-20(10-8-19)35-24(26,27)28/h3-12,14-16H,13H2,1-2H3;3-13,15,17H,14H2,1-2H3;2*2-11,13-15H,12H2,1H3. The van der Waals surface area contributed by atoms with Gasteiger partial charge in [-0.1, -0.05) is 115 Å². The molecule has 0 saturated heterocycles. The van der Waals surface area contributed by atoms with Gasteiger partial charge in [0.1, 0.15) is 84.3 Å². The van der Waals surface area contributed by atoms with Crippen LogP contribution in [0, 0.1) is 12.7 Å². The number of hydrogen-bond acceptors (Lipinski definition) is 25. The molecule has 16 aromatic rings. The fourth-order valence-electron chi connectivity index (χ4n) is 13.0. The molecule has 726 valence electrons. The van der Waals surface area contributed by atoms with Gasteiger partial charge in [-0.15, -0.1) is 73.1 Å².